The molecule has 2 rings (SSSR count). The van der Waals surface area contributed by atoms with E-state index in [1.54, 1.807) is 4.57 Å². The van der Waals surface area contributed by atoms with Crippen molar-refractivity contribution in [2.45, 2.75) is 25.3 Å². The molecule has 3 nitrogen and oxygen atoms in total. The number of imidazole rings is 1. The highest BCUT2D eigenvalue weighted by Crippen LogP contribution is 2.30. The molecule has 0 bridgehead atoms. The van der Waals surface area contributed by atoms with E-state index < -0.39 is 0 Å². The van der Waals surface area contributed by atoms with E-state index in [0.29, 0.717) is 6.04 Å². The van der Waals surface area contributed by atoms with Crippen LogP contribution in [0.15, 0.2) is 15.6 Å². The van der Waals surface area contributed by atoms with Crippen molar-refractivity contribution in [2.24, 2.45) is 0 Å². The van der Waals surface area contributed by atoms with Crippen LogP contribution in [0.2, 0.25) is 0 Å². The van der Waals surface area contributed by atoms with Gasteiger partial charge >= 0.3 is 5.69 Å². The maximum atomic E-state index is 11.2. The quantitative estimate of drug-likeness (QED) is 0.763. The van der Waals surface area contributed by atoms with E-state index in [1.807, 2.05) is 6.20 Å². The maximum Gasteiger partial charge on any atom is 0.326 e. The lowest BCUT2D eigenvalue weighted by Crippen LogP contribution is -2.26. The van der Waals surface area contributed by atoms with Crippen molar-refractivity contribution in [1.29, 1.82) is 0 Å². The molecular formula is C7H9BrN2O. The van der Waals surface area contributed by atoms with Gasteiger partial charge in [0.25, 0.3) is 0 Å². The van der Waals surface area contributed by atoms with Gasteiger partial charge in [0.15, 0.2) is 0 Å². The number of hydrogen-bond acceptors (Lipinski definition) is 1. The number of hydrogen-bond donors (Lipinski definition) is 1. The summed E-state index contributed by atoms with van der Waals surface area (Å²) in [6, 6.07) is 0.449. The fraction of sp³-hybridized carbons (Fsp3) is 0.571. The van der Waals surface area contributed by atoms with E-state index >= 15 is 0 Å². The molecule has 0 aliphatic heterocycles. The zero-order valence-electron chi connectivity index (χ0n) is 6.01. The van der Waals surface area contributed by atoms with Gasteiger partial charge in [-0.15, -0.1) is 0 Å². The Morgan fingerprint density at radius 2 is 2.36 bits per heavy atom. The molecule has 0 atom stereocenters. The van der Waals surface area contributed by atoms with Crippen LogP contribution in [0, 0.1) is 0 Å². The first-order valence-electron chi connectivity index (χ1n) is 3.74. The van der Waals surface area contributed by atoms with E-state index in [0.717, 1.165) is 17.4 Å². The third-order valence-electron chi connectivity index (χ3n) is 2.18. The lowest BCUT2D eigenvalue weighted by molar-refractivity contribution is 0.307. The molecule has 0 unspecified atom stereocenters. The Bertz CT molecular complexity index is 310. The third-order valence-corrected chi connectivity index (χ3v) is 2.58. The smallest absolute Gasteiger partial charge is 0.300 e. The average Bonchev–Trinajstić information content (AvgIpc) is 2.07. The second-order valence-electron chi connectivity index (χ2n) is 2.90. The van der Waals surface area contributed by atoms with Crippen molar-refractivity contribution < 1.29 is 0 Å². The zero-order chi connectivity index (χ0) is 7.84. The number of nitrogens with one attached hydrogen (secondary N) is 1. The van der Waals surface area contributed by atoms with Crippen LogP contribution in [-0.2, 0) is 0 Å². The Kier molecular flexibility index (Phi) is 1.64. The summed E-state index contributed by atoms with van der Waals surface area (Å²) in [6.07, 6.45) is 5.36. The lowest BCUT2D eigenvalue weighted by atomic mass is 9.93. The first-order valence-corrected chi connectivity index (χ1v) is 4.53. The number of aromatic amines is 1. The first-order chi connectivity index (χ1) is 5.27. The highest BCUT2D eigenvalue weighted by molar-refractivity contribution is 9.10. The zero-order valence-corrected chi connectivity index (χ0v) is 7.60. The van der Waals surface area contributed by atoms with Crippen molar-refractivity contribution >= 4 is 15.9 Å². The Labute approximate surface area is 72.6 Å². The summed E-state index contributed by atoms with van der Waals surface area (Å²) < 4.78 is 2.54. The SMILES string of the molecule is O=c1[nH]c(Br)cn1C1CCC1. The molecule has 1 aromatic heterocycles. The summed E-state index contributed by atoms with van der Waals surface area (Å²) in [5.74, 6) is 0. The summed E-state index contributed by atoms with van der Waals surface area (Å²) in [4.78, 5) is 13.8. The van der Waals surface area contributed by atoms with Crippen molar-refractivity contribution in [3.63, 3.8) is 0 Å². The van der Waals surface area contributed by atoms with Gasteiger partial charge in [-0.1, -0.05) is 0 Å². The monoisotopic (exact) mass is 216 g/mol. The minimum atomic E-state index is 0.00146. The molecule has 1 aliphatic rings. The largest absolute Gasteiger partial charge is 0.326 e. The summed E-state index contributed by atoms with van der Waals surface area (Å²) in [5.41, 5.74) is 0.00146. The van der Waals surface area contributed by atoms with E-state index in [-0.39, 0.29) is 5.69 Å². The molecule has 0 amide bonds. The minimum Gasteiger partial charge on any atom is -0.300 e. The van der Waals surface area contributed by atoms with Gasteiger partial charge in [-0.05, 0) is 35.2 Å². The van der Waals surface area contributed by atoms with Crippen LogP contribution in [-0.4, -0.2) is 9.55 Å². The molecule has 1 aliphatic carbocycles. The van der Waals surface area contributed by atoms with Gasteiger partial charge in [0.05, 0.1) is 0 Å². The molecule has 4 heteroatoms. The van der Waals surface area contributed by atoms with Crippen LogP contribution < -0.4 is 5.69 Å². The molecule has 0 spiro atoms. The van der Waals surface area contributed by atoms with Gasteiger partial charge in [-0.25, -0.2) is 4.79 Å². The number of H-pyrrole nitrogens is 1. The predicted octanol–water partition coefficient (Wildman–Crippen LogP) is 1.66. The molecular weight excluding hydrogens is 208 g/mol. The predicted molar refractivity (Wildman–Crippen MR) is 45.6 cm³/mol. The Morgan fingerprint density at radius 3 is 2.73 bits per heavy atom. The highest BCUT2D eigenvalue weighted by Gasteiger charge is 2.20. The molecule has 60 valence electrons. The Balaban J connectivity index is 2.35. The van der Waals surface area contributed by atoms with Crippen LogP contribution >= 0.6 is 15.9 Å². The van der Waals surface area contributed by atoms with E-state index in [9.17, 15) is 4.79 Å². The summed E-state index contributed by atoms with van der Waals surface area (Å²) in [5, 5.41) is 0. The van der Waals surface area contributed by atoms with Crippen LogP contribution in [0.1, 0.15) is 25.3 Å². The van der Waals surface area contributed by atoms with Gasteiger partial charge in [0.1, 0.15) is 4.60 Å². The third kappa shape index (κ3) is 1.15. The normalized spacial score (nSPS) is 18.3. The average molecular weight is 217 g/mol. The van der Waals surface area contributed by atoms with Crippen LogP contribution in [0.4, 0.5) is 0 Å². The molecule has 0 aromatic carbocycles. The summed E-state index contributed by atoms with van der Waals surface area (Å²) >= 11 is 3.23. The lowest BCUT2D eigenvalue weighted by Gasteiger charge is -2.25. The maximum absolute atomic E-state index is 11.2. The van der Waals surface area contributed by atoms with Crippen molar-refractivity contribution in [2.75, 3.05) is 0 Å². The molecule has 0 radical (unpaired) electrons. The molecule has 1 heterocycles. The number of aromatic nitrogens is 2. The second-order valence-corrected chi connectivity index (χ2v) is 3.75. The molecule has 1 fully saturated rings. The van der Waals surface area contributed by atoms with Gasteiger partial charge in [-0.3, -0.25) is 4.57 Å². The Morgan fingerprint density at radius 1 is 1.64 bits per heavy atom. The van der Waals surface area contributed by atoms with Gasteiger partial charge in [-0.2, -0.15) is 0 Å². The highest BCUT2D eigenvalue weighted by atomic mass is 79.9. The van der Waals surface area contributed by atoms with E-state index in [1.165, 1.54) is 6.42 Å². The van der Waals surface area contributed by atoms with E-state index in [2.05, 4.69) is 20.9 Å². The second kappa shape index (κ2) is 2.52. The van der Waals surface area contributed by atoms with Crippen molar-refractivity contribution in [3.8, 4) is 0 Å². The number of rotatable bonds is 1. The fourth-order valence-electron chi connectivity index (χ4n) is 1.32. The molecule has 1 N–H and O–H groups in total. The number of halogens is 1. The summed E-state index contributed by atoms with van der Waals surface area (Å²) in [6.45, 7) is 0. The van der Waals surface area contributed by atoms with E-state index in [4.69, 9.17) is 0 Å². The van der Waals surface area contributed by atoms with Gasteiger partial charge in [0.2, 0.25) is 0 Å². The molecule has 1 saturated carbocycles. The topological polar surface area (TPSA) is 37.8 Å². The molecule has 1 aromatic rings. The standard InChI is InChI=1S/C7H9BrN2O/c8-6-4-10(7(11)9-6)5-2-1-3-5/h4-5H,1-3H2,(H,9,11). The number of nitrogens with zero attached hydrogens (tertiary/aromatic N) is 1. The van der Waals surface area contributed by atoms with Crippen molar-refractivity contribution in [1.82, 2.24) is 9.55 Å². The van der Waals surface area contributed by atoms with Crippen LogP contribution in [0.25, 0.3) is 0 Å². The minimum absolute atomic E-state index is 0.00146. The van der Waals surface area contributed by atoms with Crippen molar-refractivity contribution in [3.05, 3.63) is 21.3 Å². The first kappa shape index (κ1) is 7.16. The van der Waals surface area contributed by atoms with Crippen LogP contribution in [0.5, 0.6) is 0 Å². The fourth-order valence-corrected chi connectivity index (χ4v) is 1.71. The molecule has 0 saturated heterocycles. The van der Waals surface area contributed by atoms with Gasteiger partial charge < -0.3 is 4.98 Å². The Hall–Kier alpha value is -0.510. The van der Waals surface area contributed by atoms with Gasteiger partial charge in [0, 0.05) is 12.2 Å². The molecule has 11 heavy (non-hydrogen) atoms. The summed E-state index contributed by atoms with van der Waals surface area (Å²) in [7, 11) is 0. The van der Waals surface area contributed by atoms with Crippen LogP contribution in [0.3, 0.4) is 0 Å².